The molecule has 164 valence electrons. The Morgan fingerprint density at radius 2 is 0.667 bits per heavy atom. The molecular formula is C25H52O2. The predicted molar refractivity (Wildman–Crippen MR) is 121 cm³/mol. The highest BCUT2D eigenvalue weighted by atomic mass is 16.5. The molecule has 0 saturated carbocycles. The Kier molecular flexibility index (Phi) is 25.8. The number of unbranched alkanes of at least 4 members (excludes halogenated alkanes) is 17. The van der Waals surface area contributed by atoms with Crippen LogP contribution in [0.4, 0.5) is 0 Å². The fraction of sp³-hybridized carbons (Fsp3) is 1.00. The van der Waals surface area contributed by atoms with Crippen molar-refractivity contribution in [1.29, 1.82) is 0 Å². The zero-order valence-electron chi connectivity index (χ0n) is 19.1. The Morgan fingerprint density at radius 1 is 0.333 bits per heavy atom. The maximum Gasteiger partial charge on any atom is 0.0487 e. The SMILES string of the molecule is CCCCCCCCCCCCCCCCCCCCOCCCOCC. The molecule has 0 aromatic carbocycles. The standard InChI is InChI=1S/C25H52O2/c1-3-5-6-7-8-9-10-11-12-13-14-15-16-17-18-19-20-21-23-27-25-22-24-26-4-2/h3-25H2,1-2H3. The molecule has 0 rings (SSSR count). The van der Waals surface area contributed by atoms with E-state index in [0.29, 0.717) is 0 Å². The number of hydrogen-bond acceptors (Lipinski definition) is 2. The van der Waals surface area contributed by atoms with Gasteiger partial charge in [-0.05, 0) is 19.8 Å². The molecule has 0 atom stereocenters. The van der Waals surface area contributed by atoms with Crippen molar-refractivity contribution in [2.45, 2.75) is 136 Å². The van der Waals surface area contributed by atoms with Gasteiger partial charge in [0.1, 0.15) is 0 Å². The van der Waals surface area contributed by atoms with Crippen LogP contribution in [0.5, 0.6) is 0 Å². The predicted octanol–water partition coefficient (Wildman–Crippen LogP) is 8.47. The van der Waals surface area contributed by atoms with Crippen LogP contribution >= 0.6 is 0 Å². The van der Waals surface area contributed by atoms with Gasteiger partial charge in [-0.1, -0.05) is 116 Å². The summed E-state index contributed by atoms with van der Waals surface area (Å²) in [5, 5.41) is 0. The lowest BCUT2D eigenvalue weighted by atomic mass is 10.0. The van der Waals surface area contributed by atoms with E-state index in [1.54, 1.807) is 0 Å². The summed E-state index contributed by atoms with van der Waals surface area (Å²) in [5.74, 6) is 0. The van der Waals surface area contributed by atoms with Gasteiger partial charge >= 0.3 is 0 Å². The third kappa shape index (κ3) is 25.9. The molecule has 0 aliphatic rings. The molecule has 0 saturated heterocycles. The topological polar surface area (TPSA) is 18.5 Å². The van der Waals surface area contributed by atoms with Crippen molar-refractivity contribution in [2.24, 2.45) is 0 Å². The maximum atomic E-state index is 5.63. The van der Waals surface area contributed by atoms with Gasteiger partial charge in [0.25, 0.3) is 0 Å². The lowest BCUT2D eigenvalue weighted by Gasteiger charge is -2.05. The molecule has 0 heterocycles. The first-order valence-corrected chi connectivity index (χ1v) is 12.6. The average molecular weight is 385 g/mol. The van der Waals surface area contributed by atoms with E-state index in [-0.39, 0.29) is 0 Å². The molecule has 2 nitrogen and oxygen atoms in total. The van der Waals surface area contributed by atoms with Gasteiger partial charge in [0, 0.05) is 26.4 Å². The summed E-state index contributed by atoms with van der Waals surface area (Å²) in [7, 11) is 0. The van der Waals surface area contributed by atoms with E-state index in [4.69, 9.17) is 9.47 Å². The van der Waals surface area contributed by atoms with Crippen LogP contribution in [0.25, 0.3) is 0 Å². The lowest BCUT2D eigenvalue weighted by Crippen LogP contribution is -2.01. The molecule has 0 radical (unpaired) electrons. The van der Waals surface area contributed by atoms with Gasteiger partial charge < -0.3 is 9.47 Å². The highest BCUT2D eigenvalue weighted by Crippen LogP contribution is 2.14. The third-order valence-electron chi connectivity index (χ3n) is 5.42. The van der Waals surface area contributed by atoms with Crippen molar-refractivity contribution >= 4 is 0 Å². The molecule has 0 spiro atoms. The van der Waals surface area contributed by atoms with Crippen molar-refractivity contribution < 1.29 is 9.47 Å². The first-order chi connectivity index (χ1) is 13.4. The minimum Gasteiger partial charge on any atom is -0.382 e. The first kappa shape index (κ1) is 26.9. The highest BCUT2D eigenvalue weighted by molar-refractivity contribution is 4.50. The van der Waals surface area contributed by atoms with E-state index < -0.39 is 0 Å². The average Bonchev–Trinajstić information content (AvgIpc) is 2.68. The summed E-state index contributed by atoms with van der Waals surface area (Å²) >= 11 is 0. The zero-order valence-corrected chi connectivity index (χ0v) is 19.1. The summed E-state index contributed by atoms with van der Waals surface area (Å²) in [6, 6.07) is 0. The molecule has 2 heteroatoms. The summed E-state index contributed by atoms with van der Waals surface area (Å²) in [6.07, 6.45) is 26.8. The smallest absolute Gasteiger partial charge is 0.0487 e. The van der Waals surface area contributed by atoms with Gasteiger partial charge in [-0.15, -0.1) is 0 Å². The molecule has 27 heavy (non-hydrogen) atoms. The largest absolute Gasteiger partial charge is 0.382 e. The van der Waals surface area contributed by atoms with Gasteiger partial charge in [-0.25, -0.2) is 0 Å². The van der Waals surface area contributed by atoms with E-state index in [2.05, 4.69) is 6.92 Å². The molecule has 0 fully saturated rings. The van der Waals surface area contributed by atoms with Crippen molar-refractivity contribution in [3.8, 4) is 0 Å². The quantitative estimate of drug-likeness (QED) is 0.155. The molecule has 0 N–H and O–H groups in total. The second kappa shape index (κ2) is 25.9. The molecule has 0 bridgehead atoms. The second-order valence-electron chi connectivity index (χ2n) is 8.17. The van der Waals surface area contributed by atoms with Crippen LogP contribution in [0.15, 0.2) is 0 Å². The summed E-state index contributed by atoms with van der Waals surface area (Å²) in [4.78, 5) is 0. The normalized spacial score (nSPS) is 11.3. The van der Waals surface area contributed by atoms with Crippen molar-refractivity contribution in [3.63, 3.8) is 0 Å². The molecule has 0 unspecified atom stereocenters. The van der Waals surface area contributed by atoms with Crippen LogP contribution in [0.3, 0.4) is 0 Å². The van der Waals surface area contributed by atoms with Crippen LogP contribution < -0.4 is 0 Å². The second-order valence-corrected chi connectivity index (χ2v) is 8.17. The fourth-order valence-corrected chi connectivity index (χ4v) is 3.62. The fourth-order valence-electron chi connectivity index (χ4n) is 3.62. The van der Waals surface area contributed by atoms with E-state index in [1.807, 2.05) is 6.92 Å². The number of rotatable bonds is 24. The highest BCUT2D eigenvalue weighted by Gasteiger charge is 1.95. The monoisotopic (exact) mass is 384 g/mol. The maximum absolute atomic E-state index is 5.63. The molecule has 0 amide bonds. The van der Waals surface area contributed by atoms with E-state index in [0.717, 1.165) is 32.8 Å². The molecule has 0 aliphatic carbocycles. The van der Waals surface area contributed by atoms with Gasteiger partial charge in [0.2, 0.25) is 0 Å². The zero-order chi connectivity index (χ0) is 19.7. The van der Waals surface area contributed by atoms with Crippen LogP contribution in [-0.4, -0.2) is 26.4 Å². The van der Waals surface area contributed by atoms with Crippen molar-refractivity contribution in [2.75, 3.05) is 26.4 Å². The van der Waals surface area contributed by atoms with Crippen LogP contribution in [0, 0.1) is 0 Å². The molecule has 0 aromatic rings. The molecule has 0 aromatic heterocycles. The van der Waals surface area contributed by atoms with Crippen LogP contribution in [-0.2, 0) is 9.47 Å². The van der Waals surface area contributed by atoms with E-state index in [9.17, 15) is 0 Å². The Hall–Kier alpha value is -0.0800. The summed E-state index contributed by atoms with van der Waals surface area (Å²) in [5.41, 5.74) is 0. The lowest BCUT2D eigenvalue weighted by molar-refractivity contribution is 0.0860. The molecular weight excluding hydrogens is 332 g/mol. The Balaban J connectivity index is 2.95. The van der Waals surface area contributed by atoms with Gasteiger partial charge in [-0.3, -0.25) is 0 Å². The first-order valence-electron chi connectivity index (χ1n) is 12.6. The Morgan fingerprint density at radius 3 is 1.07 bits per heavy atom. The van der Waals surface area contributed by atoms with Gasteiger partial charge in [0.05, 0.1) is 0 Å². The molecule has 0 aliphatic heterocycles. The summed E-state index contributed by atoms with van der Waals surface area (Å²) in [6.45, 7) is 7.79. The summed E-state index contributed by atoms with van der Waals surface area (Å²) < 4.78 is 10.9. The van der Waals surface area contributed by atoms with Crippen molar-refractivity contribution in [1.82, 2.24) is 0 Å². The van der Waals surface area contributed by atoms with Gasteiger partial charge in [0.15, 0.2) is 0 Å². The minimum atomic E-state index is 0.819. The van der Waals surface area contributed by atoms with E-state index in [1.165, 1.54) is 116 Å². The van der Waals surface area contributed by atoms with Gasteiger partial charge in [-0.2, -0.15) is 0 Å². The van der Waals surface area contributed by atoms with Crippen LogP contribution in [0.1, 0.15) is 136 Å². The number of hydrogen-bond donors (Lipinski definition) is 0. The van der Waals surface area contributed by atoms with Crippen LogP contribution in [0.2, 0.25) is 0 Å². The van der Waals surface area contributed by atoms with Crippen molar-refractivity contribution in [3.05, 3.63) is 0 Å². The third-order valence-corrected chi connectivity index (χ3v) is 5.42. The Labute approximate surface area is 172 Å². The van der Waals surface area contributed by atoms with E-state index >= 15 is 0 Å². The number of ether oxygens (including phenoxy) is 2. The minimum absolute atomic E-state index is 0.819. The Bertz CT molecular complexity index is 218.